The number of ether oxygens (including phenoxy) is 1. The Hall–Kier alpha value is -7.59. The number of nitrogens with one attached hydrogen (secondary N) is 5. The number of aliphatic hydroxyl groups is 8. The first-order valence-electron chi connectivity index (χ1n) is 27.6. The molecule has 25 heteroatoms. The van der Waals surface area contributed by atoms with Gasteiger partial charge in [-0.15, -0.1) is 0 Å². The largest absolute Gasteiger partial charge is 0.508 e. The number of aromatic hydroxyl groups is 1. The zero-order valence-electron chi connectivity index (χ0n) is 45.9. The third-order valence-electron chi connectivity index (χ3n) is 15.0. The summed E-state index contributed by atoms with van der Waals surface area (Å²) in [5.41, 5.74) is 9.07. The number of amides is 7. The number of aliphatic hydroxyl groups excluding tert-OH is 8. The lowest BCUT2D eigenvalue weighted by Gasteiger charge is -2.34. The average Bonchev–Trinajstić information content (AvgIpc) is 4.12. The molecule has 3 saturated heterocycles. The van der Waals surface area contributed by atoms with Crippen LogP contribution in [0.2, 0.25) is 0 Å². The second-order valence-corrected chi connectivity index (χ2v) is 21.1. The molecule has 3 heterocycles. The molecule has 7 rings (SSSR count). The van der Waals surface area contributed by atoms with Crippen LogP contribution in [0.1, 0.15) is 80.8 Å². The number of rotatable bonds is 16. The fourth-order valence-electron chi connectivity index (χ4n) is 10.3. The first-order chi connectivity index (χ1) is 39.6. The summed E-state index contributed by atoms with van der Waals surface area (Å²) < 4.78 is 5.84. The van der Waals surface area contributed by atoms with Gasteiger partial charge in [-0.05, 0) is 96.9 Å². The molecule has 0 radical (unpaired) electrons. The number of hydrogen-bond donors (Lipinski definition) is 15. The van der Waals surface area contributed by atoms with Gasteiger partial charge in [-0.1, -0.05) is 80.4 Å². The second kappa shape index (κ2) is 28.6. The molecule has 448 valence electrons. The van der Waals surface area contributed by atoms with E-state index in [9.17, 15) is 79.5 Å². The summed E-state index contributed by atoms with van der Waals surface area (Å²) in [4.78, 5) is 102. The Bertz CT molecular complexity index is 2880. The van der Waals surface area contributed by atoms with Crippen molar-refractivity contribution in [3.63, 3.8) is 0 Å². The number of nitrogens with two attached hydrogens (primary N) is 1. The molecule has 0 bridgehead atoms. The monoisotopic (exact) mass is 1150 g/mol. The number of hydrogen-bond acceptors (Lipinski definition) is 18. The van der Waals surface area contributed by atoms with Crippen LogP contribution in [0.25, 0.3) is 22.3 Å². The molecule has 83 heavy (non-hydrogen) atoms. The van der Waals surface area contributed by atoms with Gasteiger partial charge < -0.3 is 92.8 Å². The first-order valence-corrected chi connectivity index (χ1v) is 27.6. The van der Waals surface area contributed by atoms with Crippen LogP contribution in [0.5, 0.6) is 11.5 Å². The molecule has 7 amide bonds. The molecule has 3 aliphatic heterocycles. The Balaban J connectivity index is 1.18. The van der Waals surface area contributed by atoms with Gasteiger partial charge in [0.15, 0.2) is 6.23 Å². The maximum Gasteiger partial charge on any atom is 0.251 e. The topological polar surface area (TPSA) is 403 Å². The summed E-state index contributed by atoms with van der Waals surface area (Å²) in [5.74, 6) is -7.92. The minimum atomic E-state index is -2.31. The van der Waals surface area contributed by atoms with Gasteiger partial charge in [0.25, 0.3) is 5.91 Å². The van der Waals surface area contributed by atoms with Crippen molar-refractivity contribution in [3.05, 3.63) is 108 Å². The van der Waals surface area contributed by atoms with Crippen molar-refractivity contribution in [1.82, 2.24) is 36.4 Å². The fourth-order valence-corrected chi connectivity index (χ4v) is 10.3. The fraction of sp³-hybridized carbons (Fsp3) is 0.466. The molecule has 0 aromatic heterocycles. The lowest BCUT2D eigenvalue weighted by Crippen LogP contribution is -2.64. The average molecular weight is 1160 g/mol. The zero-order valence-corrected chi connectivity index (χ0v) is 45.9. The molecule has 4 aromatic rings. The van der Waals surface area contributed by atoms with E-state index in [1.165, 1.54) is 24.3 Å². The van der Waals surface area contributed by atoms with E-state index in [0.29, 0.717) is 12.2 Å². The van der Waals surface area contributed by atoms with Gasteiger partial charge in [-0.25, -0.2) is 0 Å². The van der Waals surface area contributed by atoms with Crippen LogP contribution in [0, 0.1) is 0 Å². The highest BCUT2D eigenvalue weighted by atomic mass is 16.5. The number of carbonyl (C=O) groups excluding carboxylic acids is 7. The normalized spacial score (nSPS) is 26.4. The summed E-state index contributed by atoms with van der Waals surface area (Å²) in [7, 11) is 0. The highest BCUT2D eigenvalue weighted by Crippen LogP contribution is 2.29. The molecule has 14 atom stereocenters. The molecule has 3 fully saturated rings. The Labute approximate surface area is 478 Å². The van der Waals surface area contributed by atoms with E-state index in [1.54, 1.807) is 12.1 Å². The minimum absolute atomic E-state index is 0.00535. The van der Waals surface area contributed by atoms with Gasteiger partial charge in [-0.2, -0.15) is 0 Å². The van der Waals surface area contributed by atoms with Crippen LogP contribution in [0.3, 0.4) is 0 Å². The van der Waals surface area contributed by atoms with Gasteiger partial charge in [-0.3, -0.25) is 33.6 Å². The number of nitrogens with zero attached hydrogens (tertiary/aromatic N) is 2. The summed E-state index contributed by atoms with van der Waals surface area (Å²) in [6.07, 6.45) is -14.4. The van der Waals surface area contributed by atoms with Gasteiger partial charge in [0, 0.05) is 31.5 Å². The van der Waals surface area contributed by atoms with Crippen LogP contribution in [-0.2, 0) is 28.8 Å². The standard InChI is InChI=1S/C58H74N8O17/c1-3-4-5-26-83-39-20-16-34(17-21-39)32-8-6-31(7-9-32)33-10-12-36(13-11-33)51(75)60-40-28-44(72)54(78)64-56(80)48-43(71)23-25-65(48)58(82)46(42(70)22-24-59)62-55(79)47(50(74)49(73)35-14-18-37(68)19-15-35)63-53(77)41-27-38(69)29-66(41)57(81)45(30(2)67)61-52(40)76/h6-21,30,38,40-50,54,67-74,78H,3-5,22-29,59H2,1-2H3,(H,60,75)(H,61,76)(H,62,79)(H,63,77)(H,64,80). The first kappa shape index (κ1) is 63.0. The third kappa shape index (κ3) is 15.5. The maximum atomic E-state index is 14.5. The number of phenolic OH excluding ortho intramolecular Hbond substituents is 1. The SMILES string of the molecule is CCCCCOc1ccc(-c2ccc(-c3ccc(C(=O)NC4CC(O)C(O)NC(=O)C5C(O)CCN5C(=O)C(C(O)CCN)NC(=O)C(C(O)C(O)c5ccc(O)cc5)NC(=O)C5CC(O)CN5C(=O)C(C(C)O)NC4=O)cc3)cc2)cc1. The molecule has 14 unspecified atom stereocenters. The number of fused-ring (bicyclic) bond motifs is 2. The molecule has 0 spiro atoms. The van der Waals surface area contributed by atoms with Crippen molar-refractivity contribution in [2.24, 2.45) is 5.73 Å². The molecule has 25 nitrogen and oxygen atoms in total. The predicted molar refractivity (Wildman–Crippen MR) is 297 cm³/mol. The third-order valence-corrected chi connectivity index (χ3v) is 15.0. The molecular formula is C58H74N8O17. The zero-order chi connectivity index (χ0) is 60.2. The summed E-state index contributed by atoms with van der Waals surface area (Å²) in [5, 5.41) is 112. The Kier molecular flexibility index (Phi) is 21.7. The van der Waals surface area contributed by atoms with E-state index in [-0.39, 0.29) is 42.8 Å². The van der Waals surface area contributed by atoms with Crippen LogP contribution in [-0.4, -0.2) is 202 Å². The summed E-state index contributed by atoms with van der Waals surface area (Å²) >= 11 is 0. The number of phenols is 1. The highest BCUT2D eigenvalue weighted by Gasteiger charge is 2.49. The van der Waals surface area contributed by atoms with E-state index in [0.717, 1.165) is 70.6 Å². The van der Waals surface area contributed by atoms with Crippen molar-refractivity contribution in [2.75, 3.05) is 26.2 Å². The van der Waals surface area contributed by atoms with Gasteiger partial charge >= 0.3 is 0 Å². The Morgan fingerprint density at radius 1 is 0.675 bits per heavy atom. The smallest absolute Gasteiger partial charge is 0.251 e. The Morgan fingerprint density at radius 3 is 1.83 bits per heavy atom. The van der Waals surface area contributed by atoms with E-state index >= 15 is 0 Å². The Morgan fingerprint density at radius 2 is 1.24 bits per heavy atom. The lowest BCUT2D eigenvalue weighted by molar-refractivity contribution is -0.149. The highest BCUT2D eigenvalue weighted by molar-refractivity contribution is 6.00. The van der Waals surface area contributed by atoms with Crippen molar-refractivity contribution in [2.45, 2.75) is 144 Å². The molecule has 0 aliphatic carbocycles. The number of carbonyl (C=O) groups is 7. The predicted octanol–water partition coefficient (Wildman–Crippen LogP) is -1.84. The van der Waals surface area contributed by atoms with Gasteiger partial charge in [0.05, 0.1) is 31.0 Å². The lowest BCUT2D eigenvalue weighted by atomic mass is 9.96. The van der Waals surface area contributed by atoms with Crippen molar-refractivity contribution < 1.29 is 84.3 Å². The molecule has 3 aliphatic rings. The van der Waals surface area contributed by atoms with E-state index in [1.807, 2.05) is 48.5 Å². The van der Waals surface area contributed by atoms with Crippen molar-refractivity contribution in [3.8, 4) is 33.8 Å². The van der Waals surface area contributed by atoms with E-state index < -0.39 is 146 Å². The van der Waals surface area contributed by atoms with Gasteiger partial charge in [0.2, 0.25) is 35.4 Å². The molecule has 4 aromatic carbocycles. The maximum absolute atomic E-state index is 14.5. The van der Waals surface area contributed by atoms with Gasteiger partial charge in [0.1, 0.15) is 66.1 Å². The summed E-state index contributed by atoms with van der Waals surface area (Å²) in [6, 6.07) is 14.6. The van der Waals surface area contributed by atoms with Crippen LogP contribution in [0.4, 0.5) is 0 Å². The van der Waals surface area contributed by atoms with Crippen LogP contribution >= 0.6 is 0 Å². The minimum Gasteiger partial charge on any atom is -0.508 e. The number of unbranched alkanes of at least 4 members (excludes halogenated alkanes) is 2. The quantitative estimate of drug-likeness (QED) is 0.0548. The van der Waals surface area contributed by atoms with Crippen molar-refractivity contribution >= 4 is 41.4 Å². The van der Waals surface area contributed by atoms with Crippen LogP contribution in [0.15, 0.2) is 97.1 Å². The molecule has 0 saturated carbocycles. The molecule has 16 N–H and O–H groups in total. The summed E-state index contributed by atoms with van der Waals surface area (Å²) in [6.45, 7) is 2.62. The number of benzene rings is 4. The van der Waals surface area contributed by atoms with E-state index in [2.05, 4.69) is 33.5 Å². The van der Waals surface area contributed by atoms with Crippen LogP contribution < -0.4 is 37.1 Å². The molecular weight excluding hydrogens is 1080 g/mol. The van der Waals surface area contributed by atoms with Crippen molar-refractivity contribution in [1.29, 1.82) is 0 Å². The van der Waals surface area contributed by atoms with E-state index in [4.69, 9.17) is 10.5 Å². The second-order valence-electron chi connectivity index (χ2n) is 21.1.